The van der Waals surface area contributed by atoms with Gasteiger partial charge in [-0.2, -0.15) is 0 Å². The Bertz CT molecular complexity index is 2070. The first-order valence-corrected chi connectivity index (χ1v) is 14.2. The van der Waals surface area contributed by atoms with Gasteiger partial charge in [-0.05, 0) is 60.0 Å². The molecule has 0 saturated heterocycles. The van der Waals surface area contributed by atoms with Crippen molar-refractivity contribution in [2.24, 2.45) is 7.05 Å². The van der Waals surface area contributed by atoms with Gasteiger partial charge >= 0.3 is 6.03 Å². The number of aromatic nitrogens is 2. The van der Waals surface area contributed by atoms with E-state index in [9.17, 15) is 19.1 Å². The van der Waals surface area contributed by atoms with Gasteiger partial charge in [-0.25, -0.2) is 9.18 Å². The molecular weight excluding hydrogens is 559 g/mol. The lowest BCUT2D eigenvalue weighted by molar-refractivity contribution is 0.252. The summed E-state index contributed by atoms with van der Waals surface area (Å²) in [7, 11) is 3.19. The van der Waals surface area contributed by atoms with E-state index in [-0.39, 0.29) is 17.9 Å². The predicted octanol–water partition coefficient (Wildman–Crippen LogP) is 6.42. The molecule has 1 atom stereocenters. The van der Waals surface area contributed by atoms with E-state index in [2.05, 4.69) is 15.6 Å². The van der Waals surface area contributed by atoms with Crippen LogP contribution in [0.3, 0.4) is 0 Å². The first-order chi connectivity index (χ1) is 21.4. The molecule has 0 fully saturated rings. The molecule has 2 aromatic heterocycles. The van der Waals surface area contributed by atoms with Crippen molar-refractivity contribution in [3.63, 3.8) is 0 Å². The summed E-state index contributed by atoms with van der Waals surface area (Å²) in [5, 5.41) is 18.7. The standard InChI is InChI=1S/C35H31FN4O4/c1-40-28-16-7-4-13-25(28)33(41)31(34(40)42)30(21-10-9-11-22(36)20-21)32-24(23-12-3-5-14-26(23)38-32)18-19-37-35(43)39-27-15-6-8-17-29(27)44-2/h3-17,20,30,38,41H,18-19H2,1-2H3,(H2,37,39,43). The average Bonchev–Trinajstić information content (AvgIpc) is 3.40. The number of carbonyl (C=O) groups is 1. The fraction of sp³-hybridized carbons (Fsp3) is 0.143. The van der Waals surface area contributed by atoms with Crippen LogP contribution in [-0.2, 0) is 13.5 Å². The minimum absolute atomic E-state index is 0.131. The maximum atomic E-state index is 14.7. The number of H-pyrrole nitrogens is 1. The molecule has 222 valence electrons. The van der Waals surface area contributed by atoms with Crippen molar-refractivity contribution in [1.82, 2.24) is 14.9 Å². The Hall–Kier alpha value is -5.57. The van der Waals surface area contributed by atoms with Gasteiger partial charge in [0.2, 0.25) is 0 Å². The lowest BCUT2D eigenvalue weighted by atomic mass is 9.85. The number of hydrogen-bond donors (Lipinski definition) is 4. The number of nitrogens with one attached hydrogen (secondary N) is 3. The number of urea groups is 1. The Kier molecular flexibility index (Phi) is 7.76. The fourth-order valence-corrected chi connectivity index (χ4v) is 5.88. The molecule has 0 aliphatic carbocycles. The largest absolute Gasteiger partial charge is 0.507 e. The second-order valence-electron chi connectivity index (χ2n) is 10.5. The second-order valence-corrected chi connectivity index (χ2v) is 10.5. The number of para-hydroxylation sites is 4. The van der Waals surface area contributed by atoms with Gasteiger partial charge in [-0.15, -0.1) is 0 Å². The molecule has 0 saturated carbocycles. The number of hydrogen-bond acceptors (Lipinski definition) is 4. The number of benzene rings is 4. The van der Waals surface area contributed by atoms with Gasteiger partial charge in [-0.1, -0.05) is 54.6 Å². The monoisotopic (exact) mass is 590 g/mol. The van der Waals surface area contributed by atoms with Crippen LogP contribution in [-0.4, -0.2) is 34.3 Å². The fourth-order valence-electron chi connectivity index (χ4n) is 5.88. The summed E-state index contributed by atoms with van der Waals surface area (Å²) in [6.07, 6.45) is 0.388. The van der Waals surface area contributed by atoms with E-state index >= 15 is 0 Å². The zero-order valence-corrected chi connectivity index (χ0v) is 24.2. The minimum atomic E-state index is -0.834. The molecule has 6 aromatic rings. The van der Waals surface area contributed by atoms with Gasteiger partial charge in [0.15, 0.2) is 0 Å². The number of methoxy groups -OCH3 is 1. The number of amides is 2. The zero-order chi connectivity index (χ0) is 30.8. The number of aromatic amines is 1. The predicted molar refractivity (Wildman–Crippen MR) is 170 cm³/mol. The van der Waals surface area contributed by atoms with Crippen molar-refractivity contribution >= 4 is 33.5 Å². The molecule has 8 nitrogen and oxygen atoms in total. The Morgan fingerprint density at radius 1 is 0.977 bits per heavy atom. The van der Waals surface area contributed by atoms with Gasteiger partial charge < -0.3 is 30.0 Å². The van der Waals surface area contributed by atoms with Crippen LogP contribution in [0.1, 0.15) is 28.3 Å². The van der Waals surface area contributed by atoms with E-state index in [4.69, 9.17) is 4.74 Å². The van der Waals surface area contributed by atoms with Crippen LogP contribution < -0.4 is 20.9 Å². The highest BCUT2D eigenvalue weighted by Gasteiger charge is 2.30. The second kappa shape index (κ2) is 12.0. The van der Waals surface area contributed by atoms with E-state index in [1.807, 2.05) is 30.3 Å². The summed E-state index contributed by atoms with van der Waals surface area (Å²) < 4.78 is 21.5. The van der Waals surface area contributed by atoms with Crippen LogP contribution in [0.5, 0.6) is 11.5 Å². The Morgan fingerprint density at radius 3 is 2.50 bits per heavy atom. The summed E-state index contributed by atoms with van der Waals surface area (Å²) in [6.45, 7) is 0.257. The van der Waals surface area contributed by atoms with Crippen molar-refractivity contribution in [1.29, 1.82) is 0 Å². The topological polar surface area (TPSA) is 108 Å². The van der Waals surface area contributed by atoms with Crippen LogP contribution in [0.25, 0.3) is 21.8 Å². The molecule has 6 rings (SSSR count). The molecule has 2 amide bonds. The number of anilines is 1. The van der Waals surface area contributed by atoms with Crippen molar-refractivity contribution in [3.8, 4) is 11.5 Å². The summed E-state index contributed by atoms with van der Waals surface area (Å²) in [5.74, 6) is -0.913. The number of aryl methyl sites for hydroxylation is 1. The summed E-state index contributed by atoms with van der Waals surface area (Å²) in [5.41, 5.74) is 3.64. The molecule has 44 heavy (non-hydrogen) atoms. The molecule has 1 unspecified atom stereocenters. The molecule has 0 radical (unpaired) electrons. The molecule has 0 spiro atoms. The van der Waals surface area contributed by atoms with Gasteiger partial charge in [0.25, 0.3) is 5.56 Å². The SMILES string of the molecule is COc1ccccc1NC(=O)NCCc1c(C(c2cccc(F)c2)c2c(O)c3ccccc3n(C)c2=O)[nH]c2ccccc12. The maximum absolute atomic E-state index is 14.7. The molecule has 9 heteroatoms. The van der Waals surface area contributed by atoms with Crippen molar-refractivity contribution in [2.75, 3.05) is 19.0 Å². The molecule has 0 bridgehead atoms. The van der Waals surface area contributed by atoms with E-state index < -0.39 is 23.3 Å². The number of nitrogens with zero attached hydrogens (tertiary/aromatic N) is 1. The van der Waals surface area contributed by atoms with Crippen LogP contribution in [0, 0.1) is 5.82 Å². The first-order valence-electron chi connectivity index (χ1n) is 14.2. The Morgan fingerprint density at radius 2 is 1.70 bits per heavy atom. The number of halogens is 1. The van der Waals surface area contributed by atoms with Crippen molar-refractivity contribution < 1.29 is 19.0 Å². The normalized spacial score (nSPS) is 11.9. The van der Waals surface area contributed by atoms with Crippen molar-refractivity contribution in [2.45, 2.75) is 12.3 Å². The first kappa shape index (κ1) is 28.5. The quantitative estimate of drug-likeness (QED) is 0.164. The molecule has 4 aromatic carbocycles. The smallest absolute Gasteiger partial charge is 0.319 e. The number of carbonyl (C=O) groups excluding carboxylic acids is 1. The van der Waals surface area contributed by atoms with Gasteiger partial charge in [0, 0.05) is 35.6 Å². The van der Waals surface area contributed by atoms with Gasteiger partial charge in [-0.3, -0.25) is 4.79 Å². The van der Waals surface area contributed by atoms with Crippen LogP contribution in [0.2, 0.25) is 0 Å². The lowest BCUT2D eigenvalue weighted by Crippen LogP contribution is -2.31. The van der Waals surface area contributed by atoms with E-state index in [0.717, 1.165) is 16.5 Å². The molecule has 0 aliphatic heterocycles. The molecule has 0 aliphatic rings. The lowest BCUT2D eigenvalue weighted by Gasteiger charge is -2.22. The average molecular weight is 591 g/mol. The van der Waals surface area contributed by atoms with E-state index in [1.165, 1.54) is 23.8 Å². The molecular formula is C35H31FN4O4. The number of ether oxygens (including phenoxy) is 1. The summed E-state index contributed by atoms with van der Waals surface area (Å²) in [4.78, 5) is 30.2. The Balaban J connectivity index is 1.44. The number of rotatable bonds is 8. The highest BCUT2D eigenvalue weighted by atomic mass is 19.1. The van der Waals surface area contributed by atoms with Crippen LogP contribution in [0.15, 0.2) is 102 Å². The van der Waals surface area contributed by atoms with Crippen LogP contribution in [0.4, 0.5) is 14.9 Å². The number of fused-ring (bicyclic) bond motifs is 2. The third-order valence-corrected chi connectivity index (χ3v) is 7.93. The number of pyridine rings is 1. The zero-order valence-electron chi connectivity index (χ0n) is 24.2. The number of aromatic hydroxyl groups is 1. The van der Waals surface area contributed by atoms with Crippen LogP contribution >= 0.6 is 0 Å². The minimum Gasteiger partial charge on any atom is -0.507 e. The van der Waals surface area contributed by atoms with Gasteiger partial charge in [0.05, 0.1) is 29.8 Å². The molecule has 2 heterocycles. The van der Waals surface area contributed by atoms with Crippen molar-refractivity contribution in [3.05, 3.63) is 136 Å². The highest BCUT2D eigenvalue weighted by Crippen LogP contribution is 2.41. The third-order valence-electron chi connectivity index (χ3n) is 7.93. The van der Waals surface area contributed by atoms with E-state index in [1.54, 1.807) is 61.6 Å². The highest BCUT2D eigenvalue weighted by molar-refractivity contribution is 5.91. The summed E-state index contributed by atoms with van der Waals surface area (Å²) in [6, 6.07) is 27.6. The molecule has 4 N–H and O–H groups in total. The Labute approximate surface area is 252 Å². The maximum Gasteiger partial charge on any atom is 0.319 e. The van der Waals surface area contributed by atoms with Gasteiger partial charge in [0.1, 0.15) is 17.3 Å². The third kappa shape index (κ3) is 5.24. The van der Waals surface area contributed by atoms with E-state index in [0.29, 0.717) is 40.0 Å². The summed E-state index contributed by atoms with van der Waals surface area (Å²) >= 11 is 0.